The highest BCUT2D eigenvalue weighted by Crippen LogP contribution is 2.40. The number of nitrogens with one attached hydrogen (secondary N) is 1. The molecule has 0 saturated carbocycles. The SMILES string of the molecule is Cc1ccc(F)cc1NC(=O)[C@H]1[C@@H](C(=O)O)[C@@H]2C=C[C@H]1O2. The fourth-order valence-electron chi connectivity index (χ4n) is 2.86. The van der Waals surface area contributed by atoms with Crippen molar-refractivity contribution in [2.45, 2.75) is 19.1 Å². The summed E-state index contributed by atoms with van der Waals surface area (Å²) in [6.45, 7) is 1.74. The summed E-state index contributed by atoms with van der Waals surface area (Å²) in [5.41, 5.74) is 1.05. The first-order chi connectivity index (χ1) is 9.97. The molecule has 1 saturated heterocycles. The van der Waals surface area contributed by atoms with Crippen LogP contribution in [0.2, 0.25) is 0 Å². The second-order valence-corrected chi connectivity index (χ2v) is 5.29. The van der Waals surface area contributed by atoms with E-state index < -0.39 is 41.7 Å². The summed E-state index contributed by atoms with van der Waals surface area (Å²) in [7, 11) is 0. The Labute approximate surface area is 120 Å². The number of hydrogen-bond acceptors (Lipinski definition) is 3. The Morgan fingerprint density at radius 1 is 1.24 bits per heavy atom. The van der Waals surface area contributed by atoms with Crippen LogP contribution in [-0.4, -0.2) is 29.2 Å². The van der Waals surface area contributed by atoms with Gasteiger partial charge < -0.3 is 15.2 Å². The van der Waals surface area contributed by atoms with Crippen molar-refractivity contribution in [3.63, 3.8) is 0 Å². The molecule has 0 aliphatic carbocycles. The van der Waals surface area contributed by atoms with Crippen LogP contribution in [0.15, 0.2) is 30.4 Å². The molecule has 6 heteroatoms. The first kappa shape index (κ1) is 13.8. The van der Waals surface area contributed by atoms with E-state index in [1.165, 1.54) is 12.1 Å². The number of anilines is 1. The molecule has 2 N–H and O–H groups in total. The van der Waals surface area contributed by atoms with Crippen molar-refractivity contribution in [2.24, 2.45) is 11.8 Å². The summed E-state index contributed by atoms with van der Waals surface area (Å²) in [4.78, 5) is 23.7. The summed E-state index contributed by atoms with van der Waals surface area (Å²) in [6.07, 6.45) is 2.26. The van der Waals surface area contributed by atoms with E-state index in [2.05, 4.69) is 5.32 Å². The van der Waals surface area contributed by atoms with Gasteiger partial charge in [-0.1, -0.05) is 18.2 Å². The number of carboxylic acids is 1. The zero-order chi connectivity index (χ0) is 15.1. The number of benzene rings is 1. The van der Waals surface area contributed by atoms with Gasteiger partial charge in [0.05, 0.1) is 18.1 Å². The maximum Gasteiger partial charge on any atom is 0.310 e. The first-order valence-corrected chi connectivity index (χ1v) is 6.61. The number of carboxylic acid groups (broad SMARTS) is 1. The Morgan fingerprint density at radius 3 is 2.57 bits per heavy atom. The smallest absolute Gasteiger partial charge is 0.310 e. The molecule has 0 radical (unpaired) electrons. The van der Waals surface area contributed by atoms with Crippen LogP contribution in [-0.2, 0) is 14.3 Å². The molecule has 1 amide bonds. The van der Waals surface area contributed by atoms with E-state index in [1.54, 1.807) is 25.1 Å². The van der Waals surface area contributed by atoms with Gasteiger partial charge in [-0.3, -0.25) is 9.59 Å². The Morgan fingerprint density at radius 2 is 1.90 bits per heavy atom. The van der Waals surface area contributed by atoms with Crippen molar-refractivity contribution in [1.82, 2.24) is 0 Å². The largest absolute Gasteiger partial charge is 0.481 e. The molecular weight excluding hydrogens is 277 g/mol. The third-order valence-electron chi connectivity index (χ3n) is 3.94. The Bertz CT molecular complexity index is 643. The van der Waals surface area contributed by atoms with E-state index in [9.17, 15) is 19.1 Å². The molecule has 4 atom stereocenters. The van der Waals surface area contributed by atoms with E-state index in [0.717, 1.165) is 0 Å². The normalized spacial score (nSPS) is 29.6. The number of rotatable bonds is 3. The number of carbonyl (C=O) groups excluding carboxylic acids is 1. The highest BCUT2D eigenvalue weighted by Gasteiger charge is 2.53. The summed E-state index contributed by atoms with van der Waals surface area (Å²) in [6, 6.07) is 4.07. The maximum absolute atomic E-state index is 13.2. The van der Waals surface area contributed by atoms with E-state index in [0.29, 0.717) is 11.3 Å². The van der Waals surface area contributed by atoms with Gasteiger partial charge in [-0.05, 0) is 24.6 Å². The minimum absolute atomic E-state index is 0.343. The Hall–Kier alpha value is -2.21. The third-order valence-corrected chi connectivity index (χ3v) is 3.94. The number of fused-ring (bicyclic) bond motifs is 2. The van der Waals surface area contributed by atoms with Gasteiger partial charge in [0.2, 0.25) is 5.91 Å². The molecule has 1 fully saturated rings. The molecule has 3 rings (SSSR count). The molecule has 2 aliphatic rings. The highest BCUT2D eigenvalue weighted by atomic mass is 19.1. The van der Waals surface area contributed by atoms with Gasteiger partial charge in [0.25, 0.3) is 0 Å². The minimum Gasteiger partial charge on any atom is -0.481 e. The predicted octanol–water partition coefficient (Wildman–Crippen LogP) is 1.73. The summed E-state index contributed by atoms with van der Waals surface area (Å²) in [5, 5.41) is 11.9. The van der Waals surface area contributed by atoms with Crippen molar-refractivity contribution in [2.75, 3.05) is 5.32 Å². The van der Waals surface area contributed by atoms with Gasteiger partial charge in [-0.15, -0.1) is 0 Å². The van der Waals surface area contributed by atoms with Gasteiger partial charge in [-0.2, -0.15) is 0 Å². The molecule has 0 unspecified atom stereocenters. The average Bonchev–Trinajstić information content (AvgIpc) is 3.03. The van der Waals surface area contributed by atoms with E-state index >= 15 is 0 Å². The molecule has 1 aromatic carbocycles. The number of hydrogen-bond donors (Lipinski definition) is 2. The van der Waals surface area contributed by atoms with Crippen LogP contribution < -0.4 is 5.32 Å². The topological polar surface area (TPSA) is 75.6 Å². The lowest BCUT2D eigenvalue weighted by Crippen LogP contribution is -2.39. The number of halogens is 1. The molecule has 1 aromatic rings. The third kappa shape index (κ3) is 2.31. The van der Waals surface area contributed by atoms with Crippen LogP contribution in [0.5, 0.6) is 0 Å². The minimum atomic E-state index is -1.07. The second-order valence-electron chi connectivity index (χ2n) is 5.29. The summed E-state index contributed by atoms with van der Waals surface area (Å²) in [5.74, 6) is -3.71. The standard InChI is InChI=1S/C15H14FNO4/c1-7-2-3-8(16)6-9(7)17-14(18)12-10-4-5-11(21-10)13(12)15(19)20/h2-6,10-13H,1H3,(H,17,18)(H,19,20)/t10-,11+,12-,13+/m1/s1. The number of ether oxygens (including phenoxy) is 1. The molecule has 21 heavy (non-hydrogen) atoms. The fraction of sp³-hybridized carbons (Fsp3) is 0.333. The number of amides is 1. The van der Waals surface area contributed by atoms with Crippen molar-refractivity contribution in [3.8, 4) is 0 Å². The van der Waals surface area contributed by atoms with Crippen LogP contribution in [0.3, 0.4) is 0 Å². The van der Waals surface area contributed by atoms with Gasteiger partial charge >= 0.3 is 5.97 Å². The molecule has 2 bridgehead atoms. The molecule has 5 nitrogen and oxygen atoms in total. The van der Waals surface area contributed by atoms with Crippen LogP contribution >= 0.6 is 0 Å². The molecule has 0 aromatic heterocycles. The zero-order valence-electron chi connectivity index (χ0n) is 11.2. The first-order valence-electron chi connectivity index (χ1n) is 6.61. The summed E-state index contributed by atoms with van der Waals surface area (Å²) >= 11 is 0. The van der Waals surface area contributed by atoms with Crippen LogP contribution in [0, 0.1) is 24.6 Å². The van der Waals surface area contributed by atoms with Gasteiger partial charge in [0, 0.05) is 5.69 Å². The van der Waals surface area contributed by atoms with E-state index in [1.807, 2.05) is 0 Å². The monoisotopic (exact) mass is 291 g/mol. The molecular formula is C15H14FNO4. The fourth-order valence-corrected chi connectivity index (χ4v) is 2.86. The average molecular weight is 291 g/mol. The van der Waals surface area contributed by atoms with E-state index in [4.69, 9.17) is 4.74 Å². The summed E-state index contributed by atoms with van der Waals surface area (Å²) < 4.78 is 18.7. The van der Waals surface area contributed by atoms with Crippen molar-refractivity contribution in [1.29, 1.82) is 0 Å². The van der Waals surface area contributed by atoms with Gasteiger partial charge in [0.1, 0.15) is 11.7 Å². The number of carbonyl (C=O) groups is 2. The molecule has 0 spiro atoms. The lowest BCUT2D eigenvalue weighted by atomic mass is 9.82. The van der Waals surface area contributed by atoms with Crippen LogP contribution in [0.1, 0.15) is 5.56 Å². The van der Waals surface area contributed by atoms with Crippen molar-refractivity contribution in [3.05, 3.63) is 41.7 Å². The number of aliphatic carboxylic acids is 1. The van der Waals surface area contributed by atoms with E-state index in [-0.39, 0.29) is 0 Å². The molecule has 110 valence electrons. The predicted molar refractivity (Wildman–Crippen MR) is 72.2 cm³/mol. The number of aryl methyl sites for hydroxylation is 1. The van der Waals surface area contributed by atoms with Crippen LogP contribution in [0.4, 0.5) is 10.1 Å². The Kier molecular flexibility index (Phi) is 3.25. The lowest BCUT2D eigenvalue weighted by Gasteiger charge is -2.21. The van der Waals surface area contributed by atoms with Crippen molar-refractivity contribution >= 4 is 17.6 Å². The maximum atomic E-state index is 13.2. The van der Waals surface area contributed by atoms with Crippen LogP contribution in [0.25, 0.3) is 0 Å². The Balaban J connectivity index is 1.83. The van der Waals surface area contributed by atoms with Crippen molar-refractivity contribution < 1.29 is 23.8 Å². The molecule has 2 heterocycles. The second kappa shape index (κ2) is 4.96. The van der Waals surface area contributed by atoms with Gasteiger partial charge in [-0.25, -0.2) is 4.39 Å². The lowest BCUT2D eigenvalue weighted by molar-refractivity contribution is -0.145. The highest BCUT2D eigenvalue weighted by molar-refractivity contribution is 5.97. The zero-order valence-corrected chi connectivity index (χ0v) is 11.2. The van der Waals surface area contributed by atoms with Gasteiger partial charge in [0.15, 0.2) is 0 Å². The quantitative estimate of drug-likeness (QED) is 0.832. The molecule has 2 aliphatic heterocycles.